The highest BCUT2D eigenvalue weighted by Gasteiger charge is 2.14. The van der Waals surface area contributed by atoms with E-state index in [1.54, 1.807) is 0 Å². The monoisotopic (exact) mass is 283 g/mol. The van der Waals surface area contributed by atoms with Crippen molar-refractivity contribution in [3.8, 4) is 5.69 Å². The number of halogens is 2. The van der Waals surface area contributed by atoms with Gasteiger partial charge in [0.1, 0.15) is 0 Å². The zero-order chi connectivity index (χ0) is 13.3. The zero-order valence-electron chi connectivity index (χ0n) is 10.6. The van der Waals surface area contributed by atoms with Crippen LogP contribution in [0.5, 0.6) is 0 Å². The molecule has 0 aliphatic carbocycles. The molecule has 0 saturated heterocycles. The Kier molecular flexibility index (Phi) is 3.95. The molecule has 1 aromatic heterocycles. The first-order valence-electron chi connectivity index (χ1n) is 5.70. The van der Waals surface area contributed by atoms with Gasteiger partial charge in [-0.3, -0.25) is 0 Å². The van der Waals surface area contributed by atoms with Gasteiger partial charge < -0.3 is 5.32 Å². The van der Waals surface area contributed by atoms with Gasteiger partial charge in [0.25, 0.3) is 0 Å². The molecule has 0 unspecified atom stereocenters. The molecular formula is C13H15Cl2N3. The van der Waals surface area contributed by atoms with Crippen LogP contribution in [0, 0.1) is 13.8 Å². The SMILES string of the molecule is CNCc1c(Cl)cccc1-n1nc(C)c(Cl)c1C. The van der Waals surface area contributed by atoms with Gasteiger partial charge in [0.15, 0.2) is 0 Å². The van der Waals surface area contributed by atoms with E-state index in [4.69, 9.17) is 23.2 Å². The normalized spacial score (nSPS) is 10.9. The predicted octanol–water partition coefficient (Wildman–Crippen LogP) is 3.52. The highest BCUT2D eigenvalue weighted by molar-refractivity contribution is 6.32. The summed E-state index contributed by atoms with van der Waals surface area (Å²) in [5.74, 6) is 0. The summed E-state index contributed by atoms with van der Waals surface area (Å²) in [7, 11) is 1.89. The summed E-state index contributed by atoms with van der Waals surface area (Å²) in [6, 6.07) is 5.79. The van der Waals surface area contributed by atoms with Gasteiger partial charge >= 0.3 is 0 Å². The van der Waals surface area contributed by atoms with E-state index in [1.165, 1.54) is 0 Å². The van der Waals surface area contributed by atoms with Crippen molar-refractivity contribution in [3.05, 3.63) is 45.2 Å². The topological polar surface area (TPSA) is 29.9 Å². The maximum absolute atomic E-state index is 6.24. The Labute approximate surface area is 117 Å². The molecule has 1 aromatic carbocycles. The molecule has 2 aromatic rings. The third-order valence-corrected chi connectivity index (χ3v) is 3.78. The third-order valence-electron chi connectivity index (χ3n) is 2.88. The quantitative estimate of drug-likeness (QED) is 0.934. The fourth-order valence-corrected chi connectivity index (χ4v) is 2.31. The molecule has 2 rings (SSSR count). The second kappa shape index (κ2) is 5.31. The van der Waals surface area contributed by atoms with Crippen LogP contribution in [0.25, 0.3) is 5.69 Å². The number of aromatic nitrogens is 2. The summed E-state index contributed by atoms with van der Waals surface area (Å²) in [4.78, 5) is 0. The Morgan fingerprint density at radius 3 is 2.56 bits per heavy atom. The predicted molar refractivity (Wildman–Crippen MR) is 75.8 cm³/mol. The molecule has 0 spiro atoms. The minimum atomic E-state index is 0.685. The van der Waals surface area contributed by atoms with Crippen LogP contribution in [0.3, 0.4) is 0 Å². The summed E-state index contributed by atoms with van der Waals surface area (Å²) < 4.78 is 1.84. The molecule has 0 bridgehead atoms. The maximum atomic E-state index is 6.24. The Morgan fingerprint density at radius 1 is 1.28 bits per heavy atom. The van der Waals surface area contributed by atoms with Crippen LogP contribution in [-0.4, -0.2) is 16.8 Å². The molecule has 96 valence electrons. The van der Waals surface area contributed by atoms with Crippen LogP contribution in [0.2, 0.25) is 10.0 Å². The first-order chi connectivity index (χ1) is 8.56. The molecular weight excluding hydrogens is 269 g/mol. The molecule has 0 aliphatic rings. The first kappa shape index (κ1) is 13.4. The van der Waals surface area contributed by atoms with Crippen LogP contribution >= 0.6 is 23.2 Å². The number of aryl methyl sites for hydroxylation is 1. The van der Waals surface area contributed by atoms with Crippen molar-refractivity contribution in [2.24, 2.45) is 0 Å². The van der Waals surface area contributed by atoms with Gasteiger partial charge in [-0.2, -0.15) is 5.10 Å². The average molecular weight is 284 g/mol. The van der Waals surface area contributed by atoms with Crippen molar-refractivity contribution in [3.63, 3.8) is 0 Å². The Balaban J connectivity index is 2.63. The molecule has 0 atom stereocenters. The van der Waals surface area contributed by atoms with E-state index in [0.29, 0.717) is 11.6 Å². The molecule has 5 heteroatoms. The minimum absolute atomic E-state index is 0.685. The van der Waals surface area contributed by atoms with Crippen molar-refractivity contribution >= 4 is 23.2 Å². The molecule has 18 heavy (non-hydrogen) atoms. The van der Waals surface area contributed by atoms with Crippen molar-refractivity contribution < 1.29 is 0 Å². The highest BCUT2D eigenvalue weighted by atomic mass is 35.5. The summed E-state index contributed by atoms with van der Waals surface area (Å²) >= 11 is 12.4. The van der Waals surface area contributed by atoms with E-state index in [1.807, 2.05) is 43.8 Å². The van der Waals surface area contributed by atoms with Gasteiger partial charge in [-0.05, 0) is 33.0 Å². The Hall–Kier alpha value is -1.03. The van der Waals surface area contributed by atoms with E-state index < -0.39 is 0 Å². The lowest BCUT2D eigenvalue weighted by atomic mass is 10.1. The molecule has 0 aliphatic heterocycles. The number of hydrogen-bond acceptors (Lipinski definition) is 2. The second-order valence-electron chi connectivity index (χ2n) is 4.16. The number of nitrogens with one attached hydrogen (secondary N) is 1. The maximum Gasteiger partial charge on any atom is 0.0848 e. The van der Waals surface area contributed by atoms with E-state index in [0.717, 1.165) is 27.7 Å². The van der Waals surface area contributed by atoms with Gasteiger partial charge in [0, 0.05) is 17.1 Å². The molecule has 0 saturated carbocycles. The van der Waals surface area contributed by atoms with Crippen LogP contribution < -0.4 is 5.32 Å². The molecule has 0 amide bonds. The molecule has 0 fully saturated rings. The summed E-state index contributed by atoms with van der Waals surface area (Å²) in [6.45, 7) is 4.53. The Bertz CT molecular complexity index is 576. The first-order valence-corrected chi connectivity index (χ1v) is 6.46. The largest absolute Gasteiger partial charge is 0.316 e. The fraction of sp³-hybridized carbons (Fsp3) is 0.308. The molecule has 1 heterocycles. The van der Waals surface area contributed by atoms with Crippen LogP contribution in [0.15, 0.2) is 18.2 Å². The summed E-state index contributed by atoms with van der Waals surface area (Å²) in [5.41, 5.74) is 3.73. The minimum Gasteiger partial charge on any atom is -0.316 e. The lowest BCUT2D eigenvalue weighted by Gasteiger charge is -2.12. The van der Waals surface area contributed by atoms with Gasteiger partial charge in [0.2, 0.25) is 0 Å². The van der Waals surface area contributed by atoms with Crippen molar-refractivity contribution in [2.75, 3.05) is 7.05 Å². The van der Waals surface area contributed by atoms with Gasteiger partial charge in [-0.1, -0.05) is 29.3 Å². The highest BCUT2D eigenvalue weighted by Crippen LogP contribution is 2.27. The average Bonchev–Trinajstić information content (AvgIpc) is 2.60. The van der Waals surface area contributed by atoms with Crippen molar-refractivity contribution in [2.45, 2.75) is 20.4 Å². The smallest absolute Gasteiger partial charge is 0.0848 e. The van der Waals surface area contributed by atoms with Crippen LogP contribution in [-0.2, 0) is 6.54 Å². The number of rotatable bonds is 3. The van der Waals surface area contributed by atoms with E-state index in [2.05, 4.69) is 10.4 Å². The van der Waals surface area contributed by atoms with Crippen molar-refractivity contribution in [1.29, 1.82) is 0 Å². The summed E-state index contributed by atoms with van der Waals surface area (Å²) in [5, 5.41) is 9.01. The lowest BCUT2D eigenvalue weighted by Crippen LogP contribution is -2.11. The molecule has 1 N–H and O–H groups in total. The van der Waals surface area contributed by atoms with E-state index in [9.17, 15) is 0 Å². The number of benzene rings is 1. The van der Waals surface area contributed by atoms with E-state index in [-0.39, 0.29) is 0 Å². The van der Waals surface area contributed by atoms with Gasteiger partial charge in [-0.15, -0.1) is 0 Å². The standard InChI is InChI=1S/C13H15Cl2N3/c1-8-13(15)9(2)18(17-8)12-6-4-5-11(14)10(12)7-16-3/h4-6,16H,7H2,1-3H3. The zero-order valence-corrected chi connectivity index (χ0v) is 12.1. The summed E-state index contributed by atoms with van der Waals surface area (Å²) in [6.07, 6.45) is 0. The molecule has 0 radical (unpaired) electrons. The van der Waals surface area contributed by atoms with Crippen LogP contribution in [0.4, 0.5) is 0 Å². The van der Waals surface area contributed by atoms with Gasteiger partial charge in [0.05, 0.1) is 22.1 Å². The lowest BCUT2D eigenvalue weighted by molar-refractivity contribution is 0.775. The number of nitrogens with zero attached hydrogens (tertiary/aromatic N) is 2. The Morgan fingerprint density at radius 2 is 2.00 bits per heavy atom. The van der Waals surface area contributed by atoms with E-state index >= 15 is 0 Å². The number of hydrogen-bond donors (Lipinski definition) is 1. The third kappa shape index (κ3) is 2.26. The molecule has 3 nitrogen and oxygen atoms in total. The van der Waals surface area contributed by atoms with Crippen LogP contribution in [0.1, 0.15) is 17.0 Å². The van der Waals surface area contributed by atoms with Gasteiger partial charge in [-0.25, -0.2) is 4.68 Å². The fourth-order valence-electron chi connectivity index (χ4n) is 1.96. The van der Waals surface area contributed by atoms with Crippen molar-refractivity contribution in [1.82, 2.24) is 15.1 Å². The second-order valence-corrected chi connectivity index (χ2v) is 4.95.